The molecule has 0 saturated carbocycles. The summed E-state index contributed by atoms with van der Waals surface area (Å²) < 4.78 is 12.2. The van der Waals surface area contributed by atoms with E-state index in [-0.39, 0.29) is 18.4 Å². The van der Waals surface area contributed by atoms with Crippen molar-refractivity contribution < 1.29 is 19.1 Å². The highest BCUT2D eigenvalue weighted by atomic mass is 79.9. The van der Waals surface area contributed by atoms with E-state index in [0.717, 1.165) is 4.47 Å². The van der Waals surface area contributed by atoms with Gasteiger partial charge in [-0.3, -0.25) is 9.59 Å². The molecular formula is C20H18BrClN2O4. The van der Waals surface area contributed by atoms with Gasteiger partial charge in [0.1, 0.15) is 6.61 Å². The number of ether oxygens (including phenoxy) is 2. The molecule has 0 bridgehead atoms. The maximum atomic E-state index is 12.8. The summed E-state index contributed by atoms with van der Waals surface area (Å²) >= 11 is 9.53. The van der Waals surface area contributed by atoms with Crippen molar-refractivity contribution in [2.75, 3.05) is 32.8 Å². The SMILES string of the molecule is O=C(c1cc(Br)ccc1Cl)N1CCN(C(=O)[C@H]2COc3ccccc3O2)CC1. The Kier molecular flexibility index (Phi) is 5.46. The van der Waals surface area contributed by atoms with Crippen LogP contribution in [0.15, 0.2) is 46.9 Å². The maximum absolute atomic E-state index is 12.8. The van der Waals surface area contributed by atoms with Gasteiger partial charge >= 0.3 is 0 Å². The second-order valence-electron chi connectivity index (χ2n) is 6.61. The second kappa shape index (κ2) is 8.01. The van der Waals surface area contributed by atoms with Crippen LogP contribution in [0, 0.1) is 0 Å². The molecule has 0 N–H and O–H groups in total. The highest BCUT2D eigenvalue weighted by Gasteiger charge is 2.33. The first-order valence-corrected chi connectivity index (χ1v) is 10.1. The Hall–Kier alpha value is -2.25. The van der Waals surface area contributed by atoms with Crippen LogP contribution in [-0.2, 0) is 4.79 Å². The van der Waals surface area contributed by atoms with Gasteiger partial charge in [0.15, 0.2) is 11.5 Å². The molecule has 2 amide bonds. The minimum absolute atomic E-state index is 0.123. The van der Waals surface area contributed by atoms with Crippen molar-refractivity contribution in [1.29, 1.82) is 0 Å². The van der Waals surface area contributed by atoms with E-state index in [4.69, 9.17) is 21.1 Å². The van der Waals surface area contributed by atoms with E-state index in [1.54, 1.807) is 34.1 Å². The average Bonchev–Trinajstić information content (AvgIpc) is 2.74. The van der Waals surface area contributed by atoms with Crippen molar-refractivity contribution in [3.8, 4) is 11.5 Å². The Morgan fingerprint density at radius 3 is 2.43 bits per heavy atom. The smallest absolute Gasteiger partial charge is 0.267 e. The molecular weight excluding hydrogens is 448 g/mol. The van der Waals surface area contributed by atoms with Crippen LogP contribution in [0.5, 0.6) is 11.5 Å². The van der Waals surface area contributed by atoms with E-state index in [0.29, 0.717) is 48.3 Å². The van der Waals surface area contributed by atoms with Gasteiger partial charge < -0.3 is 19.3 Å². The van der Waals surface area contributed by atoms with Gasteiger partial charge in [-0.25, -0.2) is 0 Å². The molecule has 2 aromatic rings. The lowest BCUT2D eigenvalue weighted by Crippen LogP contribution is -2.55. The molecule has 28 heavy (non-hydrogen) atoms. The van der Waals surface area contributed by atoms with Crippen molar-refractivity contribution in [1.82, 2.24) is 9.80 Å². The predicted octanol–water partition coefficient (Wildman–Crippen LogP) is 3.23. The van der Waals surface area contributed by atoms with Gasteiger partial charge in [0.05, 0.1) is 10.6 Å². The third-order valence-corrected chi connectivity index (χ3v) is 5.64. The third kappa shape index (κ3) is 3.82. The fourth-order valence-electron chi connectivity index (χ4n) is 3.31. The van der Waals surface area contributed by atoms with E-state index in [1.807, 2.05) is 18.2 Å². The summed E-state index contributed by atoms with van der Waals surface area (Å²) in [5, 5.41) is 0.415. The molecule has 0 unspecified atom stereocenters. The van der Waals surface area contributed by atoms with Gasteiger partial charge in [-0.1, -0.05) is 39.7 Å². The number of benzene rings is 2. The quantitative estimate of drug-likeness (QED) is 0.683. The zero-order chi connectivity index (χ0) is 19.7. The summed E-state index contributed by atoms with van der Waals surface area (Å²) in [6, 6.07) is 12.5. The highest BCUT2D eigenvalue weighted by Crippen LogP contribution is 2.31. The first-order valence-electron chi connectivity index (χ1n) is 8.94. The Morgan fingerprint density at radius 1 is 1.00 bits per heavy atom. The van der Waals surface area contributed by atoms with E-state index >= 15 is 0 Å². The molecule has 6 nitrogen and oxygen atoms in total. The predicted molar refractivity (Wildman–Crippen MR) is 108 cm³/mol. The Labute approximate surface area is 176 Å². The fraction of sp³-hybridized carbons (Fsp3) is 0.300. The standard InChI is InChI=1S/C20H18BrClN2O4/c21-13-5-6-15(22)14(11-13)19(25)23-7-9-24(10-8-23)20(26)18-12-27-16-3-1-2-4-17(16)28-18/h1-6,11,18H,7-10,12H2/t18-/m1/s1. The minimum Gasteiger partial charge on any atom is -0.485 e. The maximum Gasteiger partial charge on any atom is 0.267 e. The first-order chi connectivity index (χ1) is 13.5. The lowest BCUT2D eigenvalue weighted by Gasteiger charge is -2.37. The van der Waals surface area contributed by atoms with E-state index in [9.17, 15) is 9.59 Å². The number of carbonyl (C=O) groups is 2. The molecule has 2 heterocycles. The molecule has 2 aliphatic heterocycles. The van der Waals surface area contributed by atoms with Crippen molar-refractivity contribution in [3.05, 3.63) is 57.5 Å². The van der Waals surface area contributed by atoms with Gasteiger partial charge in [0, 0.05) is 30.7 Å². The molecule has 146 valence electrons. The van der Waals surface area contributed by atoms with Crippen molar-refractivity contribution in [3.63, 3.8) is 0 Å². The van der Waals surface area contributed by atoms with Crippen molar-refractivity contribution in [2.45, 2.75) is 6.10 Å². The summed E-state index contributed by atoms with van der Waals surface area (Å²) in [6.45, 7) is 1.95. The largest absolute Gasteiger partial charge is 0.485 e. The lowest BCUT2D eigenvalue weighted by molar-refractivity contribution is -0.142. The normalized spacial score (nSPS) is 18.7. The average molecular weight is 466 g/mol. The van der Waals surface area contributed by atoms with E-state index in [1.165, 1.54) is 0 Å². The Balaban J connectivity index is 1.37. The number of nitrogens with zero attached hydrogens (tertiary/aromatic N) is 2. The van der Waals surface area contributed by atoms with Gasteiger partial charge in [0.2, 0.25) is 6.10 Å². The number of carbonyl (C=O) groups excluding carboxylic acids is 2. The fourth-order valence-corrected chi connectivity index (χ4v) is 3.87. The van der Waals surface area contributed by atoms with E-state index < -0.39 is 6.10 Å². The summed E-state index contributed by atoms with van der Waals surface area (Å²) in [4.78, 5) is 29.0. The van der Waals surface area contributed by atoms with Crippen LogP contribution in [0.2, 0.25) is 5.02 Å². The van der Waals surface area contributed by atoms with Crippen LogP contribution >= 0.6 is 27.5 Å². The second-order valence-corrected chi connectivity index (χ2v) is 7.93. The molecule has 8 heteroatoms. The van der Waals surface area contributed by atoms with Gasteiger partial charge in [-0.05, 0) is 30.3 Å². The number of para-hydroxylation sites is 2. The van der Waals surface area contributed by atoms with Crippen LogP contribution in [0.1, 0.15) is 10.4 Å². The number of halogens is 2. The zero-order valence-electron chi connectivity index (χ0n) is 14.9. The molecule has 1 saturated heterocycles. The van der Waals surface area contributed by atoms with Crippen LogP contribution in [-0.4, -0.2) is 60.5 Å². The Morgan fingerprint density at radius 2 is 1.68 bits per heavy atom. The summed E-state index contributed by atoms with van der Waals surface area (Å²) in [7, 11) is 0. The van der Waals surface area contributed by atoms with Crippen LogP contribution in [0.4, 0.5) is 0 Å². The first kappa shape index (κ1) is 19.1. The monoisotopic (exact) mass is 464 g/mol. The van der Waals surface area contributed by atoms with Gasteiger partial charge in [0.25, 0.3) is 11.8 Å². The van der Waals surface area contributed by atoms with Gasteiger partial charge in [-0.2, -0.15) is 0 Å². The Bertz CT molecular complexity index is 915. The molecule has 2 aromatic carbocycles. The summed E-state index contributed by atoms with van der Waals surface area (Å²) in [6.07, 6.45) is -0.670. The minimum atomic E-state index is -0.670. The molecule has 1 fully saturated rings. The van der Waals surface area contributed by atoms with Crippen molar-refractivity contribution in [2.24, 2.45) is 0 Å². The van der Waals surface area contributed by atoms with Crippen molar-refractivity contribution >= 4 is 39.3 Å². The van der Waals surface area contributed by atoms with Gasteiger partial charge in [-0.15, -0.1) is 0 Å². The molecule has 0 aliphatic carbocycles. The molecule has 0 radical (unpaired) electrons. The van der Waals surface area contributed by atoms with E-state index in [2.05, 4.69) is 15.9 Å². The number of amides is 2. The number of rotatable bonds is 2. The molecule has 2 aliphatic rings. The molecule has 0 spiro atoms. The lowest BCUT2D eigenvalue weighted by atomic mass is 10.1. The summed E-state index contributed by atoms with van der Waals surface area (Å²) in [5.74, 6) is 0.963. The number of piperazine rings is 1. The zero-order valence-corrected chi connectivity index (χ0v) is 17.3. The summed E-state index contributed by atoms with van der Waals surface area (Å²) in [5.41, 5.74) is 0.455. The highest BCUT2D eigenvalue weighted by molar-refractivity contribution is 9.10. The number of hydrogen-bond donors (Lipinski definition) is 0. The molecule has 4 rings (SSSR count). The number of hydrogen-bond acceptors (Lipinski definition) is 4. The molecule has 0 aromatic heterocycles. The van der Waals surface area contributed by atoms with Crippen LogP contribution in [0.3, 0.4) is 0 Å². The number of fused-ring (bicyclic) bond motifs is 1. The van der Waals surface area contributed by atoms with Crippen LogP contribution < -0.4 is 9.47 Å². The van der Waals surface area contributed by atoms with Crippen LogP contribution in [0.25, 0.3) is 0 Å². The third-order valence-electron chi connectivity index (χ3n) is 4.82. The molecule has 1 atom stereocenters. The topological polar surface area (TPSA) is 59.1 Å².